The highest BCUT2D eigenvalue weighted by Gasteiger charge is 2.38. The van der Waals surface area contributed by atoms with Crippen LogP contribution in [0, 0.1) is 0 Å². The molecule has 2 heterocycles. The first kappa shape index (κ1) is 18.2. The molecule has 0 atom stereocenters. The monoisotopic (exact) mass is 386 g/mol. The van der Waals surface area contributed by atoms with Crippen molar-refractivity contribution in [2.75, 3.05) is 0 Å². The number of aromatic nitrogens is 3. The van der Waals surface area contributed by atoms with Crippen LogP contribution in [0.25, 0.3) is 16.8 Å². The highest BCUT2D eigenvalue weighted by molar-refractivity contribution is 5.79. The van der Waals surface area contributed by atoms with Gasteiger partial charge in [0.1, 0.15) is 0 Å². The van der Waals surface area contributed by atoms with Crippen LogP contribution < -0.4 is 5.73 Å². The van der Waals surface area contributed by atoms with Gasteiger partial charge in [-0.1, -0.05) is 18.2 Å². The van der Waals surface area contributed by atoms with Gasteiger partial charge < -0.3 is 5.73 Å². The van der Waals surface area contributed by atoms with Gasteiger partial charge in [0.25, 0.3) is 0 Å². The smallest absolute Gasteiger partial charge is 0.369 e. The molecule has 0 radical (unpaired) electrons. The molecule has 1 saturated carbocycles. The zero-order valence-electron chi connectivity index (χ0n) is 14.8. The molecule has 1 aromatic carbocycles. The summed E-state index contributed by atoms with van der Waals surface area (Å²) < 4.78 is 40.7. The third-order valence-corrected chi connectivity index (χ3v) is 4.68. The topological polar surface area (TPSA) is 73.8 Å². The Kier molecular flexibility index (Phi) is 4.41. The van der Waals surface area contributed by atoms with Crippen LogP contribution >= 0.6 is 0 Å². The van der Waals surface area contributed by atoms with Crippen LogP contribution in [0.3, 0.4) is 0 Å². The van der Waals surface area contributed by atoms with Crippen molar-refractivity contribution in [3.8, 4) is 16.8 Å². The molecule has 2 aromatic heterocycles. The molecule has 8 heteroatoms. The lowest BCUT2D eigenvalue weighted by Gasteiger charge is -2.10. The maximum atomic E-state index is 13.1. The van der Waals surface area contributed by atoms with Crippen LogP contribution in [0.1, 0.15) is 35.8 Å². The van der Waals surface area contributed by atoms with Crippen molar-refractivity contribution in [3.05, 3.63) is 65.7 Å². The number of carbonyl (C=O) groups excluding carboxylic acids is 1. The average Bonchev–Trinajstić information content (AvgIpc) is 3.39. The molecule has 1 aliphatic rings. The van der Waals surface area contributed by atoms with E-state index in [1.807, 2.05) is 6.07 Å². The molecule has 144 valence electrons. The van der Waals surface area contributed by atoms with Gasteiger partial charge >= 0.3 is 6.18 Å². The maximum absolute atomic E-state index is 13.1. The molecule has 1 amide bonds. The molecule has 0 unspecified atom stereocenters. The van der Waals surface area contributed by atoms with Gasteiger partial charge in [0.2, 0.25) is 5.91 Å². The summed E-state index contributed by atoms with van der Waals surface area (Å²) in [5, 5.41) is 3.79. The van der Waals surface area contributed by atoms with Gasteiger partial charge in [0.15, 0.2) is 5.69 Å². The van der Waals surface area contributed by atoms with Gasteiger partial charge in [-0.15, -0.1) is 0 Å². The number of alkyl halides is 3. The molecule has 3 aromatic rings. The number of hydrogen-bond acceptors (Lipinski definition) is 3. The van der Waals surface area contributed by atoms with Crippen molar-refractivity contribution in [3.63, 3.8) is 0 Å². The van der Waals surface area contributed by atoms with Crippen LogP contribution in [0.2, 0.25) is 0 Å². The summed E-state index contributed by atoms with van der Waals surface area (Å²) in [5.41, 5.74) is 7.64. The van der Waals surface area contributed by atoms with E-state index < -0.39 is 17.8 Å². The predicted octanol–water partition coefficient (Wildman–Crippen LogP) is 3.86. The van der Waals surface area contributed by atoms with Gasteiger partial charge in [0, 0.05) is 23.4 Å². The molecular weight excluding hydrogens is 369 g/mol. The Morgan fingerprint density at radius 3 is 2.50 bits per heavy atom. The first-order valence-corrected chi connectivity index (χ1v) is 8.83. The first-order chi connectivity index (χ1) is 13.3. The highest BCUT2D eigenvalue weighted by atomic mass is 19.4. The normalized spacial score (nSPS) is 14.2. The number of primary amides is 1. The van der Waals surface area contributed by atoms with Crippen molar-refractivity contribution in [2.45, 2.75) is 31.4 Å². The number of hydrogen-bond donors (Lipinski definition) is 1. The van der Waals surface area contributed by atoms with Gasteiger partial charge in [-0.2, -0.15) is 18.3 Å². The molecule has 5 nitrogen and oxygen atoms in total. The van der Waals surface area contributed by atoms with E-state index in [1.54, 1.807) is 36.5 Å². The minimum absolute atomic E-state index is 0.0118. The lowest BCUT2D eigenvalue weighted by atomic mass is 10.0. The van der Waals surface area contributed by atoms with E-state index in [2.05, 4.69) is 10.1 Å². The van der Waals surface area contributed by atoms with E-state index in [4.69, 9.17) is 5.73 Å². The van der Waals surface area contributed by atoms with Crippen LogP contribution in [-0.4, -0.2) is 20.7 Å². The van der Waals surface area contributed by atoms with Crippen LogP contribution in [-0.2, 0) is 17.4 Å². The lowest BCUT2D eigenvalue weighted by molar-refractivity contribution is -0.141. The number of rotatable bonds is 5. The van der Waals surface area contributed by atoms with E-state index in [0.29, 0.717) is 17.1 Å². The minimum atomic E-state index is -4.48. The number of nitrogens with zero attached hydrogens (tertiary/aromatic N) is 3. The molecule has 4 rings (SSSR count). The minimum Gasteiger partial charge on any atom is -0.369 e. The summed E-state index contributed by atoms with van der Waals surface area (Å²) in [6, 6.07) is 11.7. The third kappa shape index (κ3) is 3.62. The molecule has 0 aliphatic heterocycles. The summed E-state index contributed by atoms with van der Waals surface area (Å²) in [6.07, 6.45) is -1.15. The fourth-order valence-electron chi connectivity index (χ4n) is 3.20. The summed E-state index contributed by atoms with van der Waals surface area (Å²) in [6.45, 7) is 0. The summed E-state index contributed by atoms with van der Waals surface area (Å²) in [7, 11) is 0. The fourth-order valence-corrected chi connectivity index (χ4v) is 3.20. The highest BCUT2D eigenvalue weighted by Crippen LogP contribution is 2.43. The van der Waals surface area contributed by atoms with E-state index in [9.17, 15) is 18.0 Å². The molecule has 28 heavy (non-hydrogen) atoms. The first-order valence-electron chi connectivity index (χ1n) is 8.83. The Hall–Kier alpha value is -3.16. The summed E-state index contributed by atoms with van der Waals surface area (Å²) >= 11 is 0. The molecule has 0 bridgehead atoms. The van der Waals surface area contributed by atoms with Gasteiger partial charge in [-0.25, -0.2) is 4.68 Å². The average molecular weight is 386 g/mol. The molecule has 1 aliphatic carbocycles. The number of nitrogens with two attached hydrogens (primary N) is 1. The third-order valence-electron chi connectivity index (χ3n) is 4.68. The van der Waals surface area contributed by atoms with Crippen molar-refractivity contribution in [2.24, 2.45) is 5.73 Å². The number of carbonyl (C=O) groups is 1. The Bertz CT molecular complexity index is 1020. The van der Waals surface area contributed by atoms with E-state index in [1.165, 1.54) is 4.68 Å². The molecule has 2 N–H and O–H groups in total. The van der Waals surface area contributed by atoms with Crippen molar-refractivity contribution in [1.29, 1.82) is 0 Å². The van der Waals surface area contributed by atoms with Crippen molar-refractivity contribution >= 4 is 5.91 Å². The second kappa shape index (κ2) is 6.78. The van der Waals surface area contributed by atoms with Crippen LogP contribution in [0.15, 0.2) is 48.7 Å². The van der Waals surface area contributed by atoms with E-state index in [-0.39, 0.29) is 12.3 Å². The van der Waals surface area contributed by atoms with E-state index >= 15 is 0 Å². The van der Waals surface area contributed by atoms with Gasteiger partial charge in [-0.3, -0.25) is 9.78 Å². The zero-order valence-corrected chi connectivity index (χ0v) is 14.8. The van der Waals surface area contributed by atoms with Crippen LogP contribution in [0.5, 0.6) is 0 Å². The Labute approximate surface area is 159 Å². The van der Waals surface area contributed by atoms with E-state index in [0.717, 1.165) is 30.0 Å². The fraction of sp³-hybridized carbons (Fsp3) is 0.250. The zero-order chi connectivity index (χ0) is 19.9. The van der Waals surface area contributed by atoms with Gasteiger partial charge in [0.05, 0.1) is 17.8 Å². The Morgan fingerprint density at radius 2 is 1.89 bits per heavy atom. The number of amides is 1. The largest absolute Gasteiger partial charge is 0.435 e. The second-order valence-corrected chi connectivity index (χ2v) is 6.83. The number of halogens is 3. The van der Waals surface area contributed by atoms with Gasteiger partial charge in [-0.05, 0) is 42.7 Å². The van der Waals surface area contributed by atoms with Crippen LogP contribution in [0.4, 0.5) is 13.2 Å². The Balaban J connectivity index is 1.70. The Morgan fingerprint density at radius 1 is 1.18 bits per heavy atom. The molecule has 0 saturated heterocycles. The summed E-state index contributed by atoms with van der Waals surface area (Å²) in [4.78, 5) is 15.5. The van der Waals surface area contributed by atoms with Crippen molar-refractivity contribution < 1.29 is 18.0 Å². The second-order valence-electron chi connectivity index (χ2n) is 6.83. The molecule has 1 fully saturated rings. The predicted molar refractivity (Wildman–Crippen MR) is 96.7 cm³/mol. The van der Waals surface area contributed by atoms with Crippen molar-refractivity contribution in [1.82, 2.24) is 14.8 Å². The maximum Gasteiger partial charge on any atom is 0.435 e. The number of pyridine rings is 1. The lowest BCUT2D eigenvalue weighted by Crippen LogP contribution is -2.15. The summed E-state index contributed by atoms with van der Waals surface area (Å²) in [5.74, 6) is -0.370. The number of benzene rings is 1. The standard InChI is InChI=1S/C20H17F3N4O/c21-20(22,23)18-11-17(13-3-4-13)27(26-18)14-7-5-12(6-8-14)15-2-1-9-25-16(15)10-19(24)28/h1-2,5-9,11,13H,3-4,10H2,(H2,24,28). The quantitative estimate of drug-likeness (QED) is 0.724. The molecular formula is C20H17F3N4O. The molecule has 0 spiro atoms. The SMILES string of the molecule is NC(=O)Cc1ncccc1-c1ccc(-n2nc(C(F)(F)F)cc2C2CC2)cc1.